The van der Waals surface area contributed by atoms with Crippen molar-refractivity contribution in [1.82, 2.24) is 0 Å². The first-order valence-electron chi connectivity index (χ1n) is 5.86. The molecule has 16 heavy (non-hydrogen) atoms. The van der Waals surface area contributed by atoms with Gasteiger partial charge in [-0.25, -0.2) is 0 Å². The van der Waals surface area contributed by atoms with Crippen LogP contribution in [0.15, 0.2) is 30.4 Å². The Morgan fingerprint density at radius 2 is 2.25 bits per heavy atom. The van der Waals surface area contributed by atoms with Gasteiger partial charge in [0.25, 0.3) is 0 Å². The summed E-state index contributed by atoms with van der Waals surface area (Å²) in [6.45, 7) is 4.42. The lowest BCUT2D eigenvalue weighted by Gasteiger charge is -2.33. The maximum atomic E-state index is 6.06. The molecule has 3 rings (SSSR count). The molecule has 3 atom stereocenters. The summed E-state index contributed by atoms with van der Waals surface area (Å²) in [6.07, 6.45) is 5.62. The third kappa shape index (κ3) is 1.26. The van der Waals surface area contributed by atoms with E-state index in [9.17, 15) is 0 Å². The molecule has 1 aromatic carbocycles. The lowest BCUT2D eigenvalue weighted by atomic mass is 9.75. The maximum absolute atomic E-state index is 6.06. The monoisotopic (exact) mass is 215 g/mol. The molecule has 2 nitrogen and oxygen atoms in total. The summed E-state index contributed by atoms with van der Waals surface area (Å²) in [7, 11) is 0. The van der Waals surface area contributed by atoms with Crippen LogP contribution in [0.4, 0.5) is 5.69 Å². The first-order chi connectivity index (χ1) is 7.58. The van der Waals surface area contributed by atoms with Crippen LogP contribution in [0.25, 0.3) is 0 Å². The van der Waals surface area contributed by atoms with E-state index in [-0.39, 0.29) is 5.60 Å². The van der Waals surface area contributed by atoms with Crippen molar-refractivity contribution >= 4 is 5.69 Å². The highest BCUT2D eigenvalue weighted by molar-refractivity contribution is 5.54. The Bertz CT molecular complexity index is 466. The Labute approximate surface area is 96.1 Å². The second-order valence-electron chi connectivity index (χ2n) is 5.21. The van der Waals surface area contributed by atoms with Crippen LogP contribution in [0.2, 0.25) is 0 Å². The van der Waals surface area contributed by atoms with E-state index >= 15 is 0 Å². The van der Waals surface area contributed by atoms with E-state index in [0.717, 1.165) is 17.9 Å². The smallest absolute Gasteiger partial charge is 0.131 e. The highest BCUT2D eigenvalue weighted by Crippen LogP contribution is 2.51. The van der Waals surface area contributed by atoms with Gasteiger partial charge in [0, 0.05) is 23.2 Å². The number of rotatable bonds is 0. The van der Waals surface area contributed by atoms with Gasteiger partial charge < -0.3 is 10.5 Å². The lowest BCUT2D eigenvalue weighted by Crippen LogP contribution is -2.35. The topological polar surface area (TPSA) is 35.2 Å². The molecule has 84 valence electrons. The molecule has 0 radical (unpaired) electrons. The summed E-state index contributed by atoms with van der Waals surface area (Å²) in [5.74, 6) is 2.07. The molecular formula is C14H17NO. The molecule has 0 saturated carbocycles. The van der Waals surface area contributed by atoms with Crippen LogP contribution in [0, 0.1) is 5.92 Å². The molecule has 0 aromatic heterocycles. The summed E-state index contributed by atoms with van der Waals surface area (Å²) >= 11 is 0. The zero-order valence-electron chi connectivity index (χ0n) is 9.73. The molecule has 2 heteroatoms. The summed E-state index contributed by atoms with van der Waals surface area (Å²) < 4.78 is 6.06. The van der Waals surface area contributed by atoms with Crippen molar-refractivity contribution in [2.75, 3.05) is 5.73 Å². The number of nitrogen functional groups attached to an aromatic ring is 1. The number of benzene rings is 1. The van der Waals surface area contributed by atoms with Crippen molar-refractivity contribution in [3.8, 4) is 5.75 Å². The van der Waals surface area contributed by atoms with Gasteiger partial charge in [-0.2, -0.15) is 0 Å². The van der Waals surface area contributed by atoms with Crippen LogP contribution in [0.1, 0.15) is 31.7 Å². The lowest BCUT2D eigenvalue weighted by molar-refractivity contribution is 0.125. The van der Waals surface area contributed by atoms with Gasteiger partial charge in [-0.15, -0.1) is 0 Å². The zero-order chi connectivity index (χ0) is 11.3. The fourth-order valence-corrected chi connectivity index (χ4v) is 2.86. The Morgan fingerprint density at radius 1 is 1.44 bits per heavy atom. The number of fused-ring (bicyclic) bond motifs is 3. The predicted molar refractivity (Wildman–Crippen MR) is 65.5 cm³/mol. The van der Waals surface area contributed by atoms with Crippen LogP contribution < -0.4 is 10.5 Å². The SMILES string of the molecule is CC1C=CC2(C)Oc3cc(N)ccc3C2C1. The number of hydrogen-bond donors (Lipinski definition) is 1. The largest absolute Gasteiger partial charge is 0.482 e. The molecule has 1 aliphatic carbocycles. The van der Waals surface area contributed by atoms with Gasteiger partial charge in [0.15, 0.2) is 0 Å². The Kier molecular flexibility index (Phi) is 1.85. The van der Waals surface area contributed by atoms with Gasteiger partial charge in [0.05, 0.1) is 0 Å². The minimum atomic E-state index is -0.164. The minimum absolute atomic E-state index is 0.164. The first kappa shape index (κ1) is 9.76. The second kappa shape index (κ2) is 3.03. The molecule has 2 aliphatic rings. The van der Waals surface area contributed by atoms with Crippen LogP contribution in [-0.2, 0) is 0 Å². The molecule has 3 unspecified atom stereocenters. The second-order valence-corrected chi connectivity index (χ2v) is 5.21. The van der Waals surface area contributed by atoms with Gasteiger partial charge in [-0.05, 0) is 31.4 Å². The van der Waals surface area contributed by atoms with E-state index in [1.165, 1.54) is 5.56 Å². The van der Waals surface area contributed by atoms with Crippen molar-refractivity contribution in [2.24, 2.45) is 5.92 Å². The van der Waals surface area contributed by atoms with E-state index in [1.807, 2.05) is 12.1 Å². The third-order valence-corrected chi connectivity index (χ3v) is 3.80. The molecule has 2 N–H and O–H groups in total. The van der Waals surface area contributed by atoms with E-state index in [0.29, 0.717) is 11.8 Å². The van der Waals surface area contributed by atoms with Crippen molar-refractivity contribution < 1.29 is 4.74 Å². The average molecular weight is 215 g/mol. The van der Waals surface area contributed by atoms with Gasteiger partial charge >= 0.3 is 0 Å². The van der Waals surface area contributed by atoms with Crippen molar-refractivity contribution in [1.29, 1.82) is 0 Å². The Morgan fingerprint density at radius 3 is 3.06 bits per heavy atom. The van der Waals surface area contributed by atoms with E-state index in [4.69, 9.17) is 10.5 Å². The number of nitrogens with two attached hydrogens (primary N) is 1. The molecule has 0 spiro atoms. The van der Waals surface area contributed by atoms with Crippen molar-refractivity contribution in [2.45, 2.75) is 31.8 Å². The summed E-state index contributed by atoms with van der Waals surface area (Å²) in [6, 6.07) is 6.03. The number of hydrogen-bond acceptors (Lipinski definition) is 2. The van der Waals surface area contributed by atoms with Crippen molar-refractivity contribution in [3.63, 3.8) is 0 Å². The highest BCUT2D eigenvalue weighted by Gasteiger charge is 2.45. The van der Waals surface area contributed by atoms with Crippen molar-refractivity contribution in [3.05, 3.63) is 35.9 Å². The average Bonchev–Trinajstić information content (AvgIpc) is 2.50. The molecule has 0 saturated heterocycles. The standard InChI is InChI=1S/C14H17NO/c1-9-5-6-14(2)12(7-9)11-4-3-10(15)8-13(11)16-14/h3-6,8-9,12H,7,15H2,1-2H3. The fourth-order valence-electron chi connectivity index (χ4n) is 2.86. The number of ether oxygens (including phenoxy) is 1. The van der Waals surface area contributed by atoms with Gasteiger partial charge in [0.1, 0.15) is 11.4 Å². The predicted octanol–water partition coefficient (Wildman–Crippen LogP) is 3.10. The van der Waals surface area contributed by atoms with E-state index in [2.05, 4.69) is 32.1 Å². The maximum Gasteiger partial charge on any atom is 0.131 e. The molecule has 0 fully saturated rings. The van der Waals surface area contributed by atoms with Crippen LogP contribution >= 0.6 is 0 Å². The molecular weight excluding hydrogens is 198 g/mol. The van der Waals surface area contributed by atoms with E-state index < -0.39 is 0 Å². The Hall–Kier alpha value is -1.44. The molecule has 1 aliphatic heterocycles. The normalized spacial score (nSPS) is 35.4. The van der Waals surface area contributed by atoms with Gasteiger partial charge in [0.2, 0.25) is 0 Å². The molecule has 0 bridgehead atoms. The summed E-state index contributed by atoms with van der Waals surface area (Å²) in [5, 5.41) is 0. The molecule has 1 heterocycles. The quantitative estimate of drug-likeness (QED) is 0.533. The third-order valence-electron chi connectivity index (χ3n) is 3.80. The van der Waals surface area contributed by atoms with Crippen LogP contribution in [0.5, 0.6) is 5.75 Å². The minimum Gasteiger partial charge on any atom is -0.482 e. The highest BCUT2D eigenvalue weighted by atomic mass is 16.5. The number of anilines is 1. The number of allylic oxidation sites excluding steroid dienone is 1. The van der Waals surface area contributed by atoms with Crippen LogP contribution in [0.3, 0.4) is 0 Å². The summed E-state index contributed by atoms with van der Waals surface area (Å²) in [5.41, 5.74) is 7.72. The zero-order valence-corrected chi connectivity index (χ0v) is 9.73. The fraction of sp³-hybridized carbons (Fsp3) is 0.429. The van der Waals surface area contributed by atoms with Gasteiger partial charge in [-0.3, -0.25) is 0 Å². The van der Waals surface area contributed by atoms with Crippen LogP contribution in [-0.4, -0.2) is 5.60 Å². The molecule has 0 amide bonds. The van der Waals surface area contributed by atoms with Gasteiger partial charge in [-0.1, -0.05) is 19.1 Å². The van der Waals surface area contributed by atoms with E-state index in [1.54, 1.807) is 0 Å². The molecule has 1 aromatic rings. The summed E-state index contributed by atoms with van der Waals surface area (Å²) in [4.78, 5) is 0. The Balaban J connectivity index is 2.10. The first-order valence-corrected chi connectivity index (χ1v) is 5.86.